The van der Waals surface area contributed by atoms with Gasteiger partial charge in [-0.3, -0.25) is 9.05 Å². The van der Waals surface area contributed by atoms with Crippen molar-refractivity contribution in [2.24, 2.45) is 0 Å². The van der Waals surface area contributed by atoms with E-state index in [-0.39, 0.29) is 13.2 Å². The molecule has 1 aromatic carbocycles. The van der Waals surface area contributed by atoms with E-state index in [0.717, 1.165) is 0 Å². The molecule has 0 amide bonds. The first-order chi connectivity index (χ1) is 7.59. The van der Waals surface area contributed by atoms with Gasteiger partial charge in [0.25, 0.3) is 0 Å². The number of halogens is 1. The number of benzene rings is 1. The van der Waals surface area contributed by atoms with E-state index in [1.807, 2.05) is 0 Å². The topological polar surface area (TPSA) is 44.8 Å². The Kier molecular flexibility index (Phi) is 5.29. The molecule has 90 valence electrons. The van der Waals surface area contributed by atoms with Crippen LogP contribution in [0, 0.1) is 0 Å². The van der Waals surface area contributed by atoms with Gasteiger partial charge in [-0.2, -0.15) is 0 Å². The number of hydrogen-bond acceptors (Lipinski definition) is 4. The highest BCUT2D eigenvalue weighted by molar-refractivity contribution is 7.48. The smallest absolute Gasteiger partial charge is 0.404 e. The van der Waals surface area contributed by atoms with Crippen LogP contribution in [0.2, 0.25) is 5.02 Å². The summed E-state index contributed by atoms with van der Waals surface area (Å²) in [5, 5.41) is 0.497. The Hall–Kier alpha value is -0.540. The Bertz CT molecular complexity index is 373. The third kappa shape index (κ3) is 4.14. The quantitative estimate of drug-likeness (QED) is 0.731. The number of phosphoric acid groups is 1. The molecule has 0 spiro atoms. The summed E-state index contributed by atoms with van der Waals surface area (Å²) in [7, 11) is -3.52. The second-order valence-electron chi connectivity index (χ2n) is 2.83. The van der Waals surface area contributed by atoms with E-state index in [4.69, 9.17) is 25.2 Å². The standard InChI is InChI=1S/C10H14ClO4P/c1-3-13-16(12,14-4-2)15-10-7-5-6-9(11)8-10/h5-8H,3-4H2,1-2H3. The van der Waals surface area contributed by atoms with Gasteiger partial charge in [-0.25, -0.2) is 4.57 Å². The number of hydrogen-bond donors (Lipinski definition) is 0. The highest BCUT2D eigenvalue weighted by Gasteiger charge is 2.27. The molecule has 0 aliphatic carbocycles. The molecule has 6 heteroatoms. The number of phosphoric ester groups is 1. The molecular weight excluding hydrogens is 251 g/mol. The zero-order valence-corrected chi connectivity index (χ0v) is 10.8. The normalized spacial score (nSPS) is 11.4. The zero-order valence-electron chi connectivity index (χ0n) is 9.18. The summed E-state index contributed by atoms with van der Waals surface area (Å²) in [4.78, 5) is 0. The molecular formula is C10H14ClO4P. The fraction of sp³-hybridized carbons (Fsp3) is 0.400. The zero-order chi connectivity index (χ0) is 12.0. The lowest BCUT2D eigenvalue weighted by atomic mass is 10.3. The van der Waals surface area contributed by atoms with Gasteiger partial charge in [0.1, 0.15) is 5.75 Å². The van der Waals surface area contributed by atoms with E-state index < -0.39 is 7.82 Å². The molecule has 0 bridgehead atoms. The SMILES string of the molecule is CCOP(=O)(OCC)Oc1cccc(Cl)c1. The van der Waals surface area contributed by atoms with Gasteiger partial charge >= 0.3 is 7.82 Å². The third-order valence-electron chi connectivity index (χ3n) is 1.59. The van der Waals surface area contributed by atoms with Crippen molar-refractivity contribution in [2.75, 3.05) is 13.2 Å². The Labute approximate surface area is 100 Å². The van der Waals surface area contributed by atoms with Crippen molar-refractivity contribution in [3.05, 3.63) is 29.3 Å². The second-order valence-corrected chi connectivity index (χ2v) is 4.86. The summed E-state index contributed by atoms with van der Waals surface area (Å²) in [6.07, 6.45) is 0. The van der Waals surface area contributed by atoms with E-state index in [9.17, 15) is 4.57 Å². The molecule has 0 saturated carbocycles. The van der Waals surface area contributed by atoms with Crippen LogP contribution in [0.3, 0.4) is 0 Å². The predicted octanol–water partition coefficient (Wildman–Crippen LogP) is 3.90. The summed E-state index contributed by atoms with van der Waals surface area (Å²) in [5.41, 5.74) is 0. The Balaban J connectivity index is 2.79. The molecule has 0 radical (unpaired) electrons. The first-order valence-electron chi connectivity index (χ1n) is 4.94. The van der Waals surface area contributed by atoms with Crippen molar-refractivity contribution >= 4 is 19.4 Å². The first-order valence-corrected chi connectivity index (χ1v) is 6.77. The van der Waals surface area contributed by atoms with Gasteiger partial charge < -0.3 is 4.52 Å². The van der Waals surface area contributed by atoms with Crippen molar-refractivity contribution in [3.8, 4) is 5.75 Å². The molecule has 4 nitrogen and oxygen atoms in total. The lowest BCUT2D eigenvalue weighted by Gasteiger charge is -2.16. The molecule has 0 unspecified atom stereocenters. The number of rotatable bonds is 6. The molecule has 16 heavy (non-hydrogen) atoms. The molecule has 0 N–H and O–H groups in total. The Morgan fingerprint density at radius 3 is 2.38 bits per heavy atom. The van der Waals surface area contributed by atoms with E-state index in [1.165, 1.54) is 0 Å². The molecule has 0 aliphatic heterocycles. The predicted molar refractivity (Wildman–Crippen MR) is 62.9 cm³/mol. The average Bonchev–Trinajstić information content (AvgIpc) is 2.17. The van der Waals surface area contributed by atoms with Crippen LogP contribution in [0.15, 0.2) is 24.3 Å². The van der Waals surface area contributed by atoms with Crippen molar-refractivity contribution in [1.29, 1.82) is 0 Å². The van der Waals surface area contributed by atoms with Crippen molar-refractivity contribution in [1.82, 2.24) is 0 Å². The summed E-state index contributed by atoms with van der Waals surface area (Å²) < 4.78 is 27.1. The highest BCUT2D eigenvalue weighted by Crippen LogP contribution is 2.49. The Morgan fingerprint density at radius 2 is 1.88 bits per heavy atom. The van der Waals surface area contributed by atoms with E-state index in [2.05, 4.69) is 0 Å². The van der Waals surface area contributed by atoms with Crippen molar-refractivity contribution < 1.29 is 18.1 Å². The van der Waals surface area contributed by atoms with E-state index >= 15 is 0 Å². The van der Waals surface area contributed by atoms with Crippen LogP contribution in [0.1, 0.15) is 13.8 Å². The third-order valence-corrected chi connectivity index (χ3v) is 3.41. The van der Waals surface area contributed by atoms with Crippen LogP contribution in [-0.4, -0.2) is 13.2 Å². The van der Waals surface area contributed by atoms with Crippen LogP contribution in [-0.2, 0) is 13.6 Å². The molecule has 0 fully saturated rings. The lowest BCUT2D eigenvalue weighted by Crippen LogP contribution is -2.02. The summed E-state index contributed by atoms with van der Waals surface area (Å²) in [6.45, 7) is 3.93. The molecule has 0 saturated heterocycles. The van der Waals surface area contributed by atoms with Crippen LogP contribution in [0.4, 0.5) is 0 Å². The molecule has 0 aliphatic rings. The molecule has 0 atom stereocenters. The van der Waals surface area contributed by atoms with Crippen molar-refractivity contribution in [3.63, 3.8) is 0 Å². The lowest BCUT2D eigenvalue weighted by molar-refractivity contribution is 0.167. The highest BCUT2D eigenvalue weighted by atomic mass is 35.5. The fourth-order valence-corrected chi connectivity index (χ4v) is 2.42. The Morgan fingerprint density at radius 1 is 1.25 bits per heavy atom. The largest absolute Gasteiger partial charge is 0.530 e. The molecule has 0 heterocycles. The molecule has 0 aromatic heterocycles. The van der Waals surface area contributed by atoms with E-state index in [0.29, 0.717) is 10.8 Å². The van der Waals surface area contributed by atoms with Crippen LogP contribution >= 0.6 is 19.4 Å². The van der Waals surface area contributed by atoms with Gasteiger partial charge in [-0.15, -0.1) is 0 Å². The molecule has 1 rings (SSSR count). The van der Waals surface area contributed by atoms with Crippen LogP contribution in [0.5, 0.6) is 5.75 Å². The van der Waals surface area contributed by atoms with Gasteiger partial charge in [-0.05, 0) is 32.0 Å². The van der Waals surface area contributed by atoms with Gasteiger partial charge in [0.2, 0.25) is 0 Å². The maximum atomic E-state index is 12.0. The van der Waals surface area contributed by atoms with Crippen molar-refractivity contribution in [2.45, 2.75) is 13.8 Å². The summed E-state index contributed by atoms with van der Waals surface area (Å²) >= 11 is 5.78. The minimum absolute atomic E-state index is 0.248. The summed E-state index contributed by atoms with van der Waals surface area (Å²) in [5.74, 6) is 0.359. The van der Waals surface area contributed by atoms with Crippen LogP contribution in [0.25, 0.3) is 0 Å². The van der Waals surface area contributed by atoms with Gasteiger partial charge in [0.15, 0.2) is 0 Å². The summed E-state index contributed by atoms with van der Waals surface area (Å²) in [6, 6.07) is 6.57. The van der Waals surface area contributed by atoms with Gasteiger partial charge in [0, 0.05) is 5.02 Å². The monoisotopic (exact) mass is 264 g/mol. The fourth-order valence-electron chi connectivity index (χ4n) is 1.06. The van der Waals surface area contributed by atoms with Gasteiger partial charge in [-0.1, -0.05) is 17.7 Å². The minimum Gasteiger partial charge on any atom is -0.404 e. The second kappa shape index (κ2) is 6.26. The van der Waals surface area contributed by atoms with Gasteiger partial charge in [0.05, 0.1) is 13.2 Å². The van der Waals surface area contributed by atoms with Crippen LogP contribution < -0.4 is 4.52 Å². The molecule has 1 aromatic rings. The minimum atomic E-state index is -3.52. The maximum Gasteiger partial charge on any atom is 0.530 e. The average molecular weight is 265 g/mol. The van der Waals surface area contributed by atoms with E-state index in [1.54, 1.807) is 38.1 Å². The first kappa shape index (κ1) is 13.5. The maximum absolute atomic E-state index is 12.0.